The third kappa shape index (κ3) is 3.46. The van der Waals surface area contributed by atoms with E-state index in [1.54, 1.807) is 36.4 Å². The molecule has 7 nitrogen and oxygen atoms in total. The van der Waals surface area contributed by atoms with Crippen molar-refractivity contribution in [3.05, 3.63) is 75.6 Å². The number of anilines is 1. The van der Waals surface area contributed by atoms with Gasteiger partial charge in [0.25, 0.3) is 5.56 Å². The zero-order chi connectivity index (χ0) is 20.3. The van der Waals surface area contributed by atoms with Gasteiger partial charge in [0, 0.05) is 5.56 Å². The molecule has 28 heavy (non-hydrogen) atoms. The number of H-pyrrole nitrogens is 1. The first-order chi connectivity index (χ1) is 13.4. The highest BCUT2D eigenvalue weighted by molar-refractivity contribution is 5.81. The van der Waals surface area contributed by atoms with Crippen LogP contribution in [-0.2, 0) is 11.2 Å². The molecule has 0 atom stereocenters. The van der Waals surface area contributed by atoms with E-state index in [9.17, 15) is 20.1 Å². The summed E-state index contributed by atoms with van der Waals surface area (Å²) in [6, 6.07) is 17.9. The van der Waals surface area contributed by atoms with Gasteiger partial charge < -0.3 is 15.8 Å². The van der Waals surface area contributed by atoms with Crippen molar-refractivity contribution < 1.29 is 9.90 Å². The number of hydrogen-bond donors (Lipinski definition) is 3. The molecule has 1 heterocycles. The minimum atomic E-state index is -0.893. The Bertz CT molecular complexity index is 1200. The first kappa shape index (κ1) is 18.4. The first-order valence-electron chi connectivity index (χ1n) is 8.22. The van der Waals surface area contributed by atoms with E-state index in [4.69, 9.17) is 10.8 Å². The molecule has 3 rings (SSSR count). The van der Waals surface area contributed by atoms with Gasteiger partial charge in [-0.25, -0.2) is 0 Å². The Labute approximate surface area is 159 Å². The van der Waals surface area contributed by atoms with E-state index in [1.165, 1.54) is 0 Å². The quantitative estimate of drug-likeness (QED) is 0.644. The number of aromatic amines is 1. The maximum absolute atomic E-state index is 12.0. The Morgan fingerprint density at radius 2 is 1.43 bits per heavy atom. The van der Waals surface area contributed by atoms with Crippen LogP contribution in [0, 0.1) is 22.7 Å². The molecule has 0 saturated carbocycles. The Hall–Kier alpha value is -4.36. The van der Waals surface area contributed by atoms with Crippen LogP contribution in [0.15, 0.2) is 53.3 Å². The highest BCUT2D eigenvalue weighted by atomic mass is 16.4. The second-order valence-corrected chi connectivity index (χ2v) is 6.06. The lowest BCUT2D eigenvalue weighted by Crippen LogP contribution is -2.16. The number of nitrogens with one attached hydrogen (secondary N) is 1. The molecule has 3 aromatic rings. The Kier molecular flexibility index (Phi) is 4.93. The highest BCUT2D eigenvalue weighted by Gasteiger charge is 2.18. The molecule has 7 heteroatoms. The number of aromatic nitrogens is 1. The van der Waals surface area contributed by atoms with Gasteiger partial charge in [-0.1, -0.05) is 48.5 Å². The molecule has 0 radical (unpaired) electrons. The molecule has 0 unspecified atom stereocenters. The summed E-state index contributed by atoms with van der Waals surface area (Å²) in [5, 5.41) is 27.6. The summed E-state index contributed by atoms with van der Waals surface area (Å²) in [5.41, 5.74) is 8.13. The molecular weight excluding hydrogens is 356 g/mol. The minimum absolute atomic E-state index is 0.0434. The SMILES string of the molecule is N#Cc1c(N)[nH]c(=O)c(C#N)c1-c1ccc(-c2ccc(CC(=O)O)cc2)cc1. The van der Waals surface area contributed by atoms with Gasteiger partial charge in [0.05, 0.1) is 6.42 Å². The van der Waals surface area contributed by atoms with Crippen molar-refractivity contribution in [3.8, 4) is 34.4 Å². The first-order valence-corrected chi connectivity index (χ1v) is 8.22. The highest BCUT2D eigenvalue weighted by Crippen LogP contribution is 2.30. The van der Waals surface area contributed by atoms with Crippen LogP contribution in [-0.4, -0.2) is 16.1 Å². The number of benzene rings is 2. The molecule has 0 spiro atoms. The number of carbonyl (C=O) groups is 1. The number of nitrogen functional groups attached to an aromatic ring is 1. The van der Waals surface area contributed by atoms with E-state index < -0.39 is 11.5 Å². The van der Waals surface area contributed by atoms with Gasteiger partial charge in [-0.3, -0.25) is 9.59 Å². The van der Waals surface area contributed by atoms with Gasteiger partial charge in [-0.2, -0.15) is 10.5 Å². The number of carboxylic acid groups (broad SMARTS) is 1. The van der Waals surface area contributed by atoms with Crippen molar-refractivity contribution in [2.75, 3.05) is 5.73 Å². The monoisotopic (exact) mass is 370 g/mol. The van der Waals surface area contributed by atoms with Crippen molar-refractivity contribution in [2.45, 2.75) is 6.42 Å². The van der Waals surface area contributed by atoms with Gasteiger partial charge in [0.15, 0.2) is 0 Å². The van der Waals surface area contributed by atoms with E-state index in [-0.39, 0.29) is 28.9 Å². The van der Waals surface area contributed by atoms with Crippen molar-refractivity contribution in [1.82, 2.24) is 4.98 Å². The molecule has 1 aromatic heterocycles. The van der Waals surface area contributed by atoms with Crippen molar-refractivity contribution in [1.29, 1.82) is 10.5 Å². The minimum Gasteiger partial charge on any atom is -0.481 e. The zero-order valence-corrected chi connectivity index (χ0v) is 14.6. The smallest absolute Gasteiger partial charge is 0.307 e. The number of nitrogens with zero attached hydrogens (tertiary/aromatic N) is 2. The summed E-state index contributed by atoms with van der Waals surface area (Å²) in [7, 11) is 0. The van der Waals surface area contributed by atoms with Gasteiger partial charge in [0.1, 0.15) is 29.1 Å². The van der Waals surface area contributed by atoms with E-state index >= 15 is 0 Å². The number of nitrogens with two attached hydrogens (primary N) is 1. The summed E-state index contributed by atoms with van der Waals surface area (Å²) >= 11 is 0. The van der Waals surface area contributed by atoms with E-state index in [1.807, 2.05) is 24.3 Å². The number of nitriles is 2. The van der Waals surface area contributed by atoms with Crippen LogP contribution in [0.5, 0.6) is 0 Å². The Morgan fingerprint density at radius 3 is 1.93 bits per heavy atom. The van der Waals surface area contributed by atoms with Gasteiger partial charge in [0.2, 0.25) is 0 Å². The molecule has 0 aliphatic rings. The fraction of sp³-hybridized carbons (Fsp3) is 0.0476. The average molecular weight is 370 g/mol. The number of rotatable bonds is 4. The second kappa shape index (κ2) is 7.48. The predicted molar refractivity (Wildman–Crippen MR) is 103 cm³/mol. The number of pyridine rings is 1. The van der Waals surface area contributed by atoms with Crippen LogP contribution >= 0.6 is 0 Å². The van der Waals surface area contributed by atoms with E-state index in [2.05, 4.69) is 4.98 Å². The predicted octanol–water partition coefficient (Wildman–Crippen LogP) is 2.66. The van der Waals surface area contributed by atoms with Crippen LogP contribution in [0.3, 0.4) is 0 Å². The van der Waals surface area contributed by atoms with Crippen LogP contribution in [0.2, 0.25) is 0 Å². The summed E-state index contributed by atoms with van der Waals surface area (Å²) in [6.45, 7) is 0. The molecule has 0 saturated heterocycles. The molecule has 4 N–H and O–H groups in total. The van der Waals surface area contributed by atoms with Crippen molar-refractivity contribution in [3.63, 3.8) is 0 Å². The Morgan fingerprint density at radius 1 is 0.929 bits per heavy atom. The molecular formula is C21H14N4O3. The average Bonchev–Trinajstić information content (AvgIpc) is 2.68. The molecule has 136 valence electrons. The molecule has 0 aliphatic carbocycles. The van der Waals surface area contributed by atoms with E-state index in [0.29, 0.717) is 11.1 Å². The lowest BCUT2D eigenvalue weighted by molar-refractivity contribution is -0.136. The fourth-order valence-electron chi connectivity index (χ4n) is 2.95. The maximum Gasteiger partial charge on any atom is 0.307 e. The molecule has 0 bridgehead atoms. The molecule has 0 amide bonds. The third-order valence-electron chi connectivity index (χ3n) is 4.28. The lowest BCUT2D eigenvalue weighted by Gasteiger charge is -2.10. The standard InChI is InChI=1S/C21H14N4O3/c22-10-16-19(17(11-23)21(28)25-20(16)24)15-7-5-14(6-8-15)13-3-1-12(2-4-13)9-18(26)27/h1-8H,9H2,(H,26,27)(H3,24,25,28). The van der Waals surface area contributed by atoms with Crippen LogP contribution < -0.4 is 11.3 Å². The Balaban J connectivity index is 2.03. The molecule has 0 fully saturated rings. The van der Waals surface area contributed by atoms with Crippen LogP contribution in [0.1, 0.15) is 16.7 Å². The summed E-state index contributed by atoms with van der Waals surface area (Å²) in [6.07, 6.45) is -0.0446. The van der Waals surface area contributed by atoms with E-state index in [0.717, 1.165) is 11.1 Å². The van der Waals surface area contributed by atoms with Crippen LogP contribution in [0.25, 0.3) is 22.3 Å². The maximum atomic E-state index is 12.0. The van der Waals surface area contributed by atoms with Crippen molar-refractivity contribution in [2.24, 2.45) is 0 Å². The van der Waals surface area contributed by atoms with Crippen LogP contribution in [0.4, 0.5) is 5.82 Å². The second-order valence-electron chi connectivity index (χ2n) is 6.06. The number of aliphatic carboxylic acids is 1. The summed E-state index contributed by atoms with van der Waals surface area (Å²) in [5.74, 6) is -0.976. The van der Waals surface area contributed by atoms with Gasteiger partial charge in [-0.05, 0) is 22.3 Å². The molecule has 0 aliphatic heterocycles. The fourth-order valence-corrected chi connectivity index (χ4v) is 2.95. The normalized spacial score (nSPS) is 10.1. The lowest BCUT2D eigenvalue weighted by atomic mass is 9.94. The zero-order valence-electron chi connectivity index (χ0n) is 14.6. The van der Waals surface area contributed by atoms with Gasteiger partial charge >= 0.3 is 5.97 Å². The third-order valence-corrected chi connectivity index (χ3v) is 4.28. The summed E-state index contributed by atoms with van der Waals surface area (Å²) < 4.78 is 0. The summed E-state index contributed by atoms with van der Waals surface area (Å²) in [4.78, 5) is 25.1. The largest absolute Gasteiger partial charge is 0.481 e. The van der Waals surface area contributed by atoms with Gasteiger partial charge in [-0.15, -0.1) is 0 Å². The molecule has 2 aromatic carbocycles. The number of hydrogen-bond acceptors (Lipinski definition) is 5. The number of carboxylic acids is 1. The van der Waals surface area contributed by atoms with Crippen molar-refractivity contribution >= 4 is 11.8 Å². The topological polar surface area (TPSA) is 144 Å².